The predicted octanol–water partition coefficient (Wildman–Crippen LogP) is 5.88. The van der Waals surface area contributed by atoms with Gasteiger partial charge in [-0.15, -0.1) is 0 Å². The third-order valence-corrected chi connectivity index (χ3v) is 9.43. The van der Waals surface area contributed by atoms with Crippen molar-refractivity contribution >= 4 is 39.1 Å². The van der Waals surface area contributed by atoms with Gasteiger partial charge in [-0.1, -0.05) is 61.3 Å². The van der Waals surface area contributed by atoms with E-state index in [0.29, 0.717) is 17.2 Å². The van der Waals surface area contributed by atoms with Crippen molar-refractivity contribution in [3.05, 3.63) is 88.4 Å². The lowest BCUT2D eigenvalue weighted by atomic mass is 10.1. The van der Waals surface area contributed by atoms with Gasteiger partial charge in [0, 0.05) is 17.6 Å². The van der Waals surface area contributed by atoms with Crippen molar-refractivity contribution in [1.29, 1.82) is 0 Å². The van der Waals surface area contributed by atoms with E-state index < -0.39 is 28.5 Å². The highest BCUT2D eigenvalue weighted by Gasteiger charge is 2.34. The first-order chi connectivity index (χ1) is 19.9. The van der Waals surface area contributed by atoms with E-state index in [9.17, 15) is 18.0 Å². The van der Waals surface area contributed by atoms with Crippen LogP contribution in [0.3, 0.4) is 0 Å². The summed E-state index contributed by atoms with van der Waals surface area (Å²) >= 11 is 6.40. The van der Waals surface area contributed by atoms with Gasteiger partial charge >= 0.3 is 0 Å². The van der Waals surface area contributed by atoms with Crippen LogP contribution in [0.15, 0.2) is 71.6 Å². The van der Waals surface area contributed by atoms with Crippen LogP contribution in [0.5, 0.6) is 5.75 Å². The maximum absolute atomic E-state index is 14.2. The number of hydrogen-bond donors (Lipinski definition) is 1. The Hall–Kier alpha value is -3.56. The smallest absolute Gasteiger partial charge is 0.264 e. The number of halogens is 1. The highest BCUT2D eigenvalue weighted by molar-refractivity contribution is 7.92. The Balaban J connectivity index is 2.08. The number of ether oxygens (including phenoxy) is 1. The fourth-order valence-corrected chi connectivity index (χ4v) is 5.97. The Morgan fingerprint density at radius 2 is 1.60 bits per heavy atom. The molecule has 0 radical (unpaired) electrons. The van der Waals surface area contributed by atoms with Crippen molar-refractivity contribution in [1.82, 2.24) is 10.2 Å². The zero-order valence-electron chi connectivity index (χ0n) is 25.1. The standard InChI is InChI=1S/C32H40ClN3O5S/c1-7-24(5)34-32(38)30(8-2)35(20-25-12-15-27(41-6)16-13-25)31(37)21-36(26-14-11-23(4)29(33)19-26)42(39,40)28-17-9-22(3)10-18-28/h9-19,24,30H,7-8,20-21H2,1-6H3,(H,34,38)/t24-,30-/m1/s1. The number of rotatable bonds is 13. The third-order valence-electron chi connectivity index (χ3n) is 7.23. The molecule has 8 nitrogen and oxygen atoms in total. The van der Waals surface area contributed by atoms with E-state index in [4.69, 9.17) is 16.3 Å². The van der Waals surface area contributed by atoms with Gasteiger partial charge in [-0.2, -0.15) is 0 Å². The normalized spacial score (nSPS) is 12.7. The van der Waals surface area contributed by atoms with E-state index in [1.807, 2.05) is 46.8 Å². The Labute approximate surface area is 254 Å². The van der Waals surface area contributed by atoms with Crippen molar-refractivity contribution in [2.75, 3.05) is 18.0 Å². The lowest BCUT2D eigenvalue weighted by molar-refractivity contribution is -0.140. The third kappa shape index (κ3) is 8.04. The fraction of sp³-hybridized carbons (Fsp3) is 0.375. The number of anilines is 1. The van der Waals surface area contributed by atoms with Gasteiger partial charge in [0.2, 0.25) is 11.8 Å². The summed E-state index contributed by atoms with van der Waals surface area (Å²) in [5.74, 6) is -0.158. The van der Waals surface area contributed by atoms with E-state index in [1.165, 1.54) is 23.1 Å². The number of sulfonamides is 1. The van der Waals surface area contributed by atoms with Gasteiger partial charge in [-0.25, -0.2) is 8.42 Å². The number of methoxy groups -OCH3 is 1. The Bertz CT molecular complexity index is 1480. The summed E-state index contributed by atoms with van der Waals surface area (Å²) in [6.07, 6.45) is 1.07. The van der Waals surface area contributed by atoms with Gasteiger partial charge in [0.25, 0.3) is 10.0 Å². The zero-order chi connectivity index (χ0) is 31.0. The molecule has 42 heavy (non-hydrogen) atoms. The van der Waals surface area contributed by atoms with Crippen LogP contribution in [0.2, 0.25) is 5.02 Å². The molecule has 226 valence electrons. The van der Waals surface area contributed by atoms with Crippen molar-refractivity contribution in [3.8, 4) is 5.75 Å². The second kappa shape index (κ2) is 14.6. The van der Waals surface area contributed by atoms with E-state index in [0.717, 1.165) is 27.4 Å². The van der Waals surface area contributed by atoms with Crippen LogP contribution in [0, 0.1) is 13.8 Å². The predicted molar refractivity (Wildman–Crippen MR) is 167 cm³/mol. The molecular weight excluding hydrogens is 574 g/mol. The molecular formula is C32H40ClN3O5S. The summed E-state index contributed by atoms with van der Waals surface area (Å²) in [6, 6.07) is 17.6. The molecule has 3 aromatic rings. The number of aryl methyl sites for hydroxylation is 2. The molecule has 0 saturated carbocycles. The Morgan fingerprint density at radius 1 is 0.952 bits per heavy atom. The summed E-state index contributed by atoms with van der Waals surface area (Å²) in [6.45, 7) is 8.94. The van der Waals surface area contributed by atoms with E-state index in [-0.39, 0.29) is 29.1 Å². The van der Waals surface area contributed by atoms with Gasteiger partial charge in [0.1, 0.15) is 18.3 Å². The summed E-state index contributed by atoms with van der Waals surface area (Å²) < 4.78 is 34.3. The van der Waals surface area contributed by atoms with E-state index >= 15 is 0 Å². The zero-order valence-corrected chi connectivity index (χ0v) is 26.6. The van der Waals surface area contributed by atoms with Gasteiger partial charge in [0.15, 0.2) is 0 Å². The van der Waals surface area contributed by atoms with Crippen LogP contribution >= 0.6 is 11.6 Å². The molecule has 0 bridgehead atoms. The second-order valence-corrected chi connectivity index (χ2v) is 12.6. The van der Waals surface area contributed by atoms with Gasteiger partial charge in [0.05, 0.1) is 17.7 Å². The van der Waals surface area contributed by atoms with Crippen molar-refractivity contribution < 1.29 is 22.7 Å². The number of nitrogens with zero attached hydrogens (tertiary/aromatic N) is 2. The Morgan fingerprint density at radius 3 is 2.14 bits per heavy atom. The highest BCUT2D eigenvalue weighted by Crippen LogP contribution is 2.29. The van der Waals surface area contributed by atoms with E-state index in [2.05, 4.69) is 5.32 Å². The van der Waals surface area contributed by atoms with Crippen LogP contribution in [-0.2, 0) is 26.2 Å². The lowest BCUT2D eigenvalue weighted by Gasteiger charge is -2.34. The topological polar surface area (TPSA) is 96.0 Å². The van der Waals surface area contributed by atoms with Crippen LogP contribution in [0.1, 0.15) is 50.3 Å². The largest absolute Gasteiger partial charge is 0.497 e. The summed E-state index contributed by atoms with van der Waals surface area (Å²) in [5.41, 5.74) is 2.69. The molecule has 0 aromatic heterocycles. The van der Waals surface area contributed by atoms with Crippen LogP contribution < -0.4 is 14.4 Å². The van der Waals surface area contributed by atoms with Gasteiger partial charge in [-0.05, 0) is 81.1 Å². The second-order valence-electron chi connectivity index (χ2n) is 10.4. The SMILES string of the molecule is CC[C@@H](C)NC(=O)[C@@H](CC)N(Cc1ccc(OC)cc1)C(=O)CN(c1ccc(C)c(Cl)c1)S(=O)(=O)c1ccc(C)cc1. The molecule has 1 N–H and O–H groups in total. The quantitative estimate of drug-likeness (QED) is 0.260. The van der Waals surface area contributed by atoms with Crippen molar-refractivity contribution in [3.63, 3.8) is 0 Å². The molecule has 0 unspecified atom stereocenters. The first kappa shape index (κ1) is 32.9. The summed E-state index contributed by atoms with van der Waals surface area (Å²) in [4.78, 5) is 29.1. The monoisotopic (exact) mass is 613 g/mol. The molecule has 3 aromatic carbocycles. The maximum atomic E-state index is 14.2. The molecule has 2 atom stereocenters. The van der Waals surface area contributed by atoms with Crippen LogP contribution in [-0.4, -0.2) is 50.9 Å². The number of hydrogen-bond acceptors (Lipinski definition) is 5. The number of amides is 2. The van der Waals surface area contributed by atoms with Crippen LogP contribution in [0.25, 0.3) is 0 Å². The molecule has 0 aliphatic heterocycles. The molecule has 0 aliphatic rings. The lowest BCUT2D eigenvalue weighted by Crippen LogP contribution is -2.53. The first-order valence-corrected chi connectivity index (χ1v) is 15.8. The summed E-state index contributed by atoms with van der Waals surface area (Å²) in [5, 5.41) is 3.35. The average molecular weight is 614 g/mol. The number of nitrogens with one attached hydrogen (secondary N) is 1. The molecule has 0 saturated heterocycles. The minimum absolute atomic E-state index is 0.0425. The fourth-order valence-electron chi connectivity index (χ4n) is 4.39. The average Bonchev–Trinajstić information content (AvgIpc) is 2.97. The molecule has 0 fully saturated rings. The number of carbonyl (C=O) groups is 2. The first-order valence-electron chi connectivity index (χ1n) is 14.0. The highest BCUT2D eigenvalue weighted by atomic mass is 35.5. The van der Waals surface area contributed by atoms with E-state index in [1.54, 1.807) is 43.5 Å². The molecule has 0 spiro atoms. The molecule has 0 aliphatic carbocycles. The molecule has 0 heterocycles. The minimum atomic E-state index is -4.18. The van der Waals surface area contributed by atoms with Crippen LogP contribution in [0.4, 0.5) is 5.69 Å². The van der Waals surface area contributed by atoms with Gasteiger partial charge < -0.3 is 15.0 Å². The number of carbonyl (C=O) groups excluding carboxylic acids is 2. The molecule has 2 amide bonds. The van der Waals surface area contributed by atoms with Crippen molar-refractivity contribution in [2.24, 2.45) is 0 Å². The number of benzene rings is 3. The maximum Gasteiger partial charge on any atom is 0.264 e. The minimum Gasteiger partial charge on any atom is -0.497 e. The Kier molecular flexibility index (Phi) is 11.4. The molecule has 3 rings (SSSR count). The summed E-state index contributed by atoms with van der Waals surface area (Å²) in [7, 11) is -2.61. The molecule has 10 heteroatoms. The van der Waals surface area contributed by atoms with Gasteiger partial charge in [-0.3, -0.25) is 13.9 Å². The van der Waals surface area contributed by atoms with Crippen molar-refractivity contribution in [2.45, 2.75) is 71.0 Å².